The summed E-state index contributed by atoms with van der Waals surface area (Å²) < 4.78 is 5.93. The standard InChI is InChI=1S/C41H57N5O6.H2O/c1-26(2)18-34(40(50)44-33(20-29-12-8-6-9-13-29)37(48)22-39(49)43-24-27(3)4)45-41(51)35(21-30-14-10-7-11-15-30)46(28(5)47)36-25-52-38-17-16-31(23-42)19-32(36)38;/h7,10-11,14-17,19,26-27,29,33-37,48H,6,8-9,12-13,18,20-22,24-25H2,1-5H3,(H,43,49)(H,44,50)(H,45,51);1H2/t33?,34-,35-,36?,37?;/m0./s1. The Labute approximate surface area is 314 Å². The first-order chi connectivity index (χ1) is 24.9. The Morgan fingerprint density at radius 3 is 2.28 bits per heavy atom. The zero-order chi connectivity index (χ0) is 37.8. The molecule has 12 heteroatoms. The molecule has 1 aliphatic carbocycles. The van der Waals surface area contributed by atoms with Crippen molar-refractivity contribution in [1.82, 2.24) is 20.9 Å². The number of aliphatic hydroxyl groups excluding tert-OH is 1. The zero-order valence-corrected chi connectivity index (χ0v) is 31.9. The lowest BCUT2D eigenvalue weighted by molar-refractivity contribution is -0.143. The van der Waals surface area contributed by atoms with E-state index < -0.39 is 42.1 Å². The van der Waals surface area contributed by atoms with Gasteiger partial charge in [0.05, 0.1) is 36.2 Å². The molecule has 4 rings (SSSR count). The number of fused-ring (bicyclic) bond motifs is 1. The van der Waals surface area contributed by atoms with Crippen LogP contribution in [0, 0.1) is 29.1 Å². The van der Waals surface area contributed by atoms with E-state index in [1.807, 2.05) is 58.0 Å². The molecular formula is C41H59N5O7. The number of aliphatic hydroxyl groups is 1. The number of carbonyl (C=O) groups excluding carboxylic acids is 4. The highest BCUT2D eigenvalue weighted by Crippen LogP contribution is 2.38. The fraction of sp³-hybridized carbons (Fsp3) is 0.585. The Kier molecular flexibility index (Phi) is 16.8. The summed E-state index contributed by atoms with van der Waals surface area (Å²) >= 11 is 0. The highest BCUT2D eigenvalue weighted by Gasteiger charge is 2.40. The molecule has 5 atom stereocenters. The average molecular weight is 734 g/mol. The van der Waals surface area contributed by atoms with E-state index in [2.05, 4.69) is 22.0 Å². The number of rotatable bonds is 17. The van der Waals surface area contributed by atoms with Gasteiger partial charge in [0.1, 0.15) is 24.4 Å². The molecule has 53 heavy (non-hydrogen) atoms. The minimum atomic E-state index is -1.10. The van der Waals surface area contributed by atoms with Crippen LogP contribution in [0.5, 0.6) is 5.75 Å². The number of ether oxygens (including phenoxy) is 1. The van der Waals surface area contributed by atoms with E-state index in [1.54, 1.807) is 18.2 Å². The van der Waals surface area contributed by atoms with Gasteiger partial charge in [0.15, 0.2) is 0 Å². The Bertz CT molecular complexity index is 1550. The van der Waals surface area contributed by atoms with E-state index in [0.29, 0.717) is 42.2 Å². The Balaban J connectivity index is 0.00000756. The Morgan fingerprint density at radius 1 is 0.962 bits per heavy atom. The van der Waals surface area contributed by atoms with Crippen LogP contribution in [0.4, 0.5) is 0 Å². The molecule has 1 heterocycles. The largest absolute Gasteiger partial charge is 0.491 e. The maximum atomic E-state index is 14.5. The number of hydrogen-bond donors (Lipinski definition) is 4. The van der Waals surface area contributed by atoms with E-state index in [1.165, 1.54) is 11.8 Å². The van der Waals surface area contributed by atoms with Crippen LogP contribution >= 0.6 is 0 Å². The summed E-state index contributed by atoms with van der Waals surface area (Å²) in [5.41, 5.74) is 1.89. The van der Waals surface area contributed by atoms with Gasteiger partial charge in [-0.05, 0) is 54.4 Å². The number of carbonyl (C=O) groups is 4. The summed E-state index contributed by atoms with van der Waals surface area (Å²) in [4.78, 5) is 56.4. The monoisotopic (exact) mass is 733 g/mol. The van der Waals surface area contributed by atoms with E-state index in [9.17, 15) is 29.5 Å². The molecule has 1 aliphatic heterocycles. The second kappa shape index (κ2) is 20.7. The number of benzene rings is 2. The zero-order valence-electron chi connectivity index (χ0n) is 31.9. The fourth-order valence-corrected chi connectivity index (χ4v) is 7.38. The van der Waals surface area contributed by atoms with Crippen LogP contribution in [0.15, 0.2) is 48.5 Å². The molecule has 1 saturated carbocycles. The van der Waals surface area contributed by atoms with Crippen LogP contribution in [0.2, 0.25) is 0 Å². The predicted octanol–water partition coefficient (Wildman–Crippen LogP) is 4.14. The number of hydrogen-bond acceptors (Lipinski definition) is 7. The van der Waals surface area contributed by atoms with Crippen molar-refractivity contribution in [3.8, 4) is 11.8 Å². The lowest BCUT2D eigenvalue weighted by Crippen LogP contribution is -2.58. The number of nitrogens with zero attached hydrogens (tertiary/aromatic N) is 2. The van der Waals surface area contributed by atoms with Crippen molar-refractivity contribution in [2.45, 2.75) is 123 Å². The molecule has 3 unspecified atom stereocenters. The van der Waals surface area contributed by atoms with Crippen LogP contribution < -0.4 is 20.7 Å². The molecule has 290 valence electrons. The smallest absolute Gasteiger partial charge is 0.243 e. The number of amides is 4. The molecule has 2 aliphatic rings. The number of nitrogens with one attached hydrogen (secondary N) is 3. The van der Waals surface area contributed by atoms with E-state index >= 15 is 0 Å². The maximum Gasteiger partial charge on any atom is 0.243 e. The van der Waals surface area contributed by atoms with Gasteiger partial charge in [0, 0.05) is 25.5 Å². The Morgan fingerprint density at radius 2 is 1.66 bits per heavy atom. The van der Waals surface area contributed by atoms with Gasteiger partial charge in [-0.3, -0.25) is 19.2 Å². The Hall–Kier alpha value is -4.47. The van der Waals surface area contributed by atoms with E-state index in [4.69, 9.17) is 4.74 Å². The molecule has 1 fully saturated rings. The molecule has 0 radical (unpaired) electrons. The third kappa shape index (κ3) is 12.6. The fourth-order valence-electron chi connectivity index (χ4n) is 7.38. The van der Waals surface area contributed by atoms with E-state index in [-0.39, 0.29) is 48.6 Å². The van der Waals surface area contributed by atoms with E-state index in [0.717, 1.165) is 37.7 Å². The SMILES string of the molecule is CC(=O)N(C1COc2ccc(C#N)cc21)[C@@H](Cc1ccccc1)C(=O)N[C@@H](CC(C)C)C(=O)NC(CC1CCCCC1)C(O)CC(=O)NCC(C)C.O. The highest BCUT2D eigenvalue weighted by atomic mass is 16.5. The van der Waals surface area contributed by atoms with Crippen molar-refractivity contribution in [2.24, 2.45) is 17.8 Å². The van der Waals surface area contributed by atoms with Gasteiger partial charge < -0.3 is 36.2 Å². The molecule has 0 bridgehead atoms. The second-order valence-electron chi connectivity index (χ2n) is 15.3. The minimum Gasteiger partial charge on any atom is -0.491 e. The van der Waals surface area contributed by atoms with Gasteiger partial charge in [0.2, 0.25) is 23.6 Å². The molecular weight excluding hydrogens is 674 g/mol. The second-order valence-corrected chi connectivity index (χ2v) is 15.3. The maximum absolute atomic E-state index is 14.5. The van der Waals surface area contributed by atoms with Crippen molar-refractivity contribution < 1.29 is 34.5 Å². The molecule has 12 nitrogen and oxygen atoms in total. The van der Waals surface area contributed by atoms with Crippen LogP contribution in [0.1, 0.15) is 109 Å². The third-order valence-electron chi connectivity index (χ3n) is 10.1. The van der Waals surface area contributed by atoms with Gasteiger partial charge >= 0.3 is 0 Å². The van der Waals surface area contributed by atoms with Crippen LogP contribution in [-0.2, 0) is 25.6 Å². The van der Waals surface area contributed by atoms with Gasteiger partial charge in [-0.15, -0.1) is 0 Å². The lowest BCUT2D eigenvalue weighted by atomic mass is 9.83. The molecule has 6 N–H and O–H groups in total. The summed E-state index contributed by atoms with van der Waals surface area (Å²) in [7, 11) is 0. The van der Waals surface area contributed by atoms with Crippen molar-refractivity contribution in [2.75, 3.05) is 13.2 Å². The van der Waals surface area contributed by atoms with Crippen LogP contribution in [0.25, 0.3) is 0 Å². The van der Waals surface area contributed by atoms with Gasteiger partial charge in [0.25, 0.3) is 0 Å². The van der Waals surface area contributed by atoms with Gasteiger partial charge in [-0.25, -0.2) is 0 Å². The van der Waals surface area contributed by atoms with Crippen LogP contribution in [0.3, 0.4) is 0 Å². The summed E-state index contributed by atoms with van der Waals surface area (Å²) in [5, 5.41) is 29.9. The quantitative estimate of drug-likeness (QED) is 0.188. The molecule has 0 aromatic heterocycles. The van der Waals surface area contributed by atoms with Crippen molar-refractivity contribution in [3.05, 3.63) is 65.2 Å². The first-order valence-electron chi connectivity index (χ1n) is 18.9. The summed E-state index contributed by atoms with van der Waals surface area (Å²) in [6.45, 7) is 9.93. The molecule has 2 aromatic rings. The predicted molar refractivity (Wildman–Crippen MR) is 202 cm³/mol. The molecule has 4 amide bonds. The summed E-state index contributed by atoms with van der Waals surface area (Å²) in [6, 6.07) is 13.3. The third-order valence-corrected chi connectivity index (χ3v) is 10.1. The van der Waals surface area contributed by atoms with Crippen molar-refractivity contribution >= 4 is 23.6 Å². The van der Waals surface area contributed by atoms with Gasteiger partial charge in [-0.1, -0.05) is 90.1 Å². The average Bonchev–Trinajstić information content (AvgIpc) is 3.52. The topological polar surface area (TPSA) is 192 Å². The highest BCUT2D eigenvalue weighted by molar-refractivity contribution is 5.92. The minimum absolute atomic E-state index is 0. The first kappa shape index (κ1) is 42.9. The molecule has 0 spiro atoms. The van der Waals surface area contributed by atoms with Gasteiger partial charge in [-0.2, -0.15) is 5.26 Å². The van der Waals surface area contributed by atoms with Crippen molar-refractivity contribution in [3.63, 3.8) is 0 Å². The normalized spacial score (nSPS) is 17.6. The molecule has 0 saturated heterocycles. The first-order valence-corrected chi connectivity index (χ1v) is 18.9. The van der Waals surface area contributed by atoms with Crippen molar-refractivity contribution in [1.29, 1.82) is 5.26 Å². The summed E-state index contributed by atoms with van der Waals surface area (Å²) in [6.07, 6.45) is 5.12. The summed E-state index contributed by atoms with van der Waals surface area (Å²) in [5.74, 6) is -0.424. The molecule has 2 aromatic carbocycles. The number of nitriles is 1. The van der Waals surface area contributed by atoms with Crippen LogP contribution in [-0.4, -0.2) is 76.5 Å². The lowest BCUT2D eigenvalue weighted by Gasteiger charge is -2.36.